The first kappa shape index (κ1) is 14.6. The maximum absolute atomic E-state index is 5.94. The fraction of sp³-hybridized carbons (Fsp3) is 0.278. The Kier molecular flexibility index (Phi) is 3.86. The molecule has 2 aromatic heterocycles. The summed E-state index contributed by atoms with van der Waals surface area (Å²) in [7, 11) is 1.69. The molecule has 4 nitrogen and oxygen atoms in total. The number of aromatic nitrogens is 2. The zero-order valence-electron chi connectivity index (χ0n) is 13.2. The number of nitrogens with zero attached hydrogens (tertiary/aromatic N) is 2. The van der Waals surface area contributed by atoms with Gasteiger partial charge in [0.25, 0.3) is 0 Å². The number of aryl methyl sites for hydroxylation is 1. The highest BCUT2D eigenvalue weighted by atomic mass is 16.5. The van der Waals surface area contributed by atoms with Crippen molar-refractivity contribution in [2.45, 2.75) is 19.8 Å². The first-order valence-corrected chi connectivity index (χ1v) is 7.48. The molecule has 0 aliphatic carbocycles. The van der Waals surface area contributed by atoms with Crippen LogP contribution < -0.4 is 10.5 Å². The number of ether oxygens (including phenoxy) is 1. The Bertz CT molecular complexity index is 807. The Balaban J connectivity index is 2.35. The molecule has 3 rings (SSSR count). The van der Waals surface area contributed by atoms with Crippen LogP contribution in [0.4, 0.5) is 0 Å². The molecule has 0 radical (unpaired) electrons. The Hall–Kier alpha value is -2.33. The molecular formula is C18H21N3O. The molecule has 0 bridgehead atoms. The number of benzene rings is 1. The number of para-hydroxylation sites is 1. The van der Waals surface area contributed by atoms with Gasteiger partial charge < -0.3 is 14.9 Å². The molecular weight excluding hydrogens is 274 g/mol. The van der Waals surface area contributed by atoms with Gasteiger partial charge in [-0.2, -0.15) is 0 Å². The third kappa shape index (κ3) is 2.25. The van der Waals surface area contributed by atoms with Crippen LogP contribution in [0, 0.1) is 6.92 Å². The van der Waals surface area contributed by atoms with Crippen LogP contribution in [0.15, 0.2) is 42.6 Å². The molecule has 2 heterocycles. The third-order valence-corrected chi connectivity index (χ3v) is 4.06. The summed E-state index contributed by atoms with van der Waals surface area (Å²) >= 11 is 0. The number of methoxy groups -OCH3 is 1. The van der Waals surface area contributed by atoms with Crippen molar-refractivity contribution in [1.82, 2.24) is 9.38 Å². The lowest BCUT2D eigenvalue weighted by molar-refractivity contribution is 0.416. The predicted molar refractivity (Wildman–Crippen MR) is 89.4 cm³/mol. The molecule has 0 saturated heterocycles. The lowest BCUT2D eigenvalue weighted by Crippen LogP contribution is -2.12. The fourth-order valence-corrected chi connectivity index (χ4v) is 2.84. The minimum Gasteiger partial charge on any atom is -0.496 e. The SMILES string of the molecule is COc1ccccc1-c1nc2c(C)cccn2c1C(C)CN. The van der Waals surface area contributed by atoms with Gasteiger partial charge in [0.1, 0.15) is 11.4 Å². The van der Waals surface area contributed by atoms with Gasteiger partial charge in [0.2, 0.25) is 0 Å². The summed E-state index contributed by atoms with van der Waals surface area (Å²) < 4.78 is 7.66. The Morgan fingerprint density at radius 3 is 2.73 bits per heavy atom. The van der Waals surface area contributed by atoms with Crippen LogP contribution in [0.3, 0.4) is 0 Å². The van der Waals surface area contributed by atoms with Crippen molar-refractivity contribution >= 4 is 5.65 Å². The lowest BCUT2D eigenvalue weighted by Gasteiger charge is -2.13. The molecule has 0 aliphatic rings. The van der Waals surface area contributed by atoms with Crippen LogP contribution >= 0.6 is 0 Å². The molecule has 3 aromatic rings. The molecule has 0 amide bonds. The normalized spacial score (nSPS) is 12.5. The summed E-state index contributed by atoms with van der Waals surface area (Å²) in [6.45, 7) is 4.78. The van der Waals surface area contributed by atoms with Crippen molar-refractivity contribution in [2.75, 3.05) is 13.7 Å². The van der Waals surface area contributed by atoms with Crippen LogP contribution in [0.2, 0.25) is 0 Å². The van der Waals surface area contributed by atoms with E-state index in [1.807, 2.05) is 30.3 Å². The van der Waals surface area contributed by atoms with Crippen molar-refractivity contribution < 1.29 is 4.74 Å². The van der Waals surface area contributed by atoms with Crippen molar-refractivity contribution in [2.24, 2.45) is 5.73 Å². The molecule has 114 valence electrons. The Morgan fingerprint density at radius 2 is 2.00 bits per heavy atom. The molecule has 1 unspecified atom stereocenters. The van der Waals surface area contributed by atoms with Crippen LogP contribution in [0.1, 0.15) is 24.1 Å². The van der Waals surface area contributed by atoms with E-state index >= 15 is 0 Å². The van der Waals surface area contributed by atoms with Crippen molar-refractivity contribution in [3.63, 3.8) is 0 Å². The smallest absolute Gasteiger partial charge is 0.140 e. The average Bonchev–Trinajstić information content (AvgIpc) is 2.94. The number of imidazole rings is 1. The first-order valence-electron chi connectivity index (χ1n) is 7.48. The van der Waals surface area contributed by atoms with E-state index in [0.29, 0.717) is 6.54 Å². The Morgan fingerprint density at radius 1 is 1.23 bits per heavy atom. The second-order valence-corrected chi connectivity index (χ2v) is 5.57. The van der Waals surface area contributed by atoms with Gasteiger partial charge in [0, 0.05) is 24.2 Å². The van der Waals surface area contributed by atoms with Gasteiger partial charge in [0.15, 0.2) is 0 Å². The third-order valence-electron chi connectivity index (χ3n) is 4.06. The number of hydrogen-bond acceptors (Lipinski definition) is 3. The summed E-state index contributed by atoms with van der Waals surface area (Å²) in [5.41, 5.74) is 11.1. The zero-order valence-corrected chi connectivity index (χ0v) is 13.2. The number of rotatable bonds is 4. The number of nitrogens with two attached hydrogens (primary N) is 1. The molecule has 4 heteroatoms. The van der Waals surface area contributed by atoms with Crippen LogP contribution in [0.5, 0.6) is 5.75 Å². The van der Waals surface area contributed by atoms with Crippen molar-refractivity contribution in [1.29, 1.82) is 0 Å². The van der Waals surface area contributed by atoms with Crippen molar-refractivity contribution in [3.05, 3.63) is 53.9 Å². The standard InChI is InChI=1S/C18H21N3O/c1-12-7-6-10-21-17(13(2)11-19)16(20-18(12)21)14-8-4-5-9-15(14)22-3/h4-10,13H,11,19H2,1-3H3. The van der Waals surface area contributed by atoms with Crippen LogP contribution in [0.25, 0.3) is 16.9 Å². The second kappa shape index (κ2) is 5.81. The van der Waals surface area contributed by atoms with Gasteiger partial charge in [-0.05, 0) is 30.7 Å². The van der Waals surface area contributed by atoms with Crippen molar-refractivity contribution in [3.8, 4) is 17.0 Å². The van der Waals surface area contributed by atoms with Gasteiger partial charge in [-0.3, -0.25) is 0 Å². The summed E-state index contributed by atoms with van der Waals surface area (Å²) in [4.78, 5) is 4.89. The second-order valence-electron chi connectivity index (χ2n) is 5.57. The molecule has 0 saturated carbocycles. The van der Waals surface area contributed by atoms with E-state index < -0.39 is 0 Å². The topological polar surface area (TPSA) is 52.5 Å². The highest BCUT2D eigenvalue weighted by Crippen LogP contribution is 2.35. The molecule has 1 aromatic carbocycles. The van der Waals surface area contributed by atoms with Gasteiger partial charge in [-0.1, -0.05) is 25.1 Å². The quantitative estimate of drug-likeness (QED) is 0.802. The Labute approximate surface area is 130 Å². The van der Waals surface area contributed by atoms with Crippen LogP contribution in [-0.2, 0) is 0 Å². The molecule has 0 fully saturated rings. The molecule has 0 spiro atoms. The van der Waals surface area contributed by atoms with Gasteiger partial charge in [-0.25, -0.2) is 4.98 Å². The van der Waals surface area contributed by atoms with Gasteiger partial charge in [0.05, 0.1) is 18.5 Å². The van der Waals surface area contributed by atoms with E-state index in [1.165, 1.54) is 0 Å². The maximum Gasteiger partial charge on any atom is 0.140 e. The summed E-state index contributed by atoms with van der Waals surface area (Å²) in [5, 5.41) is 0. The number of hydrogen-bond donors (Lipinski definition) is 1. The highest BCUT2D eigenvalue weighted by Gasteiger charge is 2.21. The molecule has 1 atom stereocenters. The van der Waals surface area contributed by atoms with E-state index in [1.54, 1.807) is 7.11 Å². The summed E-state index contributed by atoms with van der Waals surface area (Å²) in [6.07, 6.45) is 2.05. The van der Waals surface area contributed by atoms with E-state index in [9.17, 15) is 0 Å². The monoisotopic (exact) mass is 295 g/mol. The van der Waals surface area contributed by atoms with E-state index in [0.717, 1.165) is 33.9 Å². The maximum atomic E-state index is 5.94. The molecule has 0 aliphatic heterocycles. The van der Waals surface area contributed by atoms with Gasteiger partial charge >= 0.3 is 0 Å². The first-order chi connectivity index (χ1) is 10.7. The van der Waals surface area contributed by atoms with Gasteiger partial charge in [-0.15, -0.1) is 0 Å². The summed E-state index contributed by atoms with van der Waals surface area (Å²) in [5.74, 6) is 1.03. The predicted octanol–water partition coefficient (Wildman–Crippen LogP) is 3.38. The van der Waals surface area contributed by atoms with E-state index in [2.05, 4.69) is 30.5 Å². The fourth-order valence-electron chi connectivity index (χ4n) is 2.84. The average molecular weight is 295 g/mol. The molecule has 22 heavy (non-hydrogen) atoms. The number of fused-ring (bicyclic) bond motifs is 1. The minimum absolute atomic E-state index is 0.205. The summed E-state index contributed by atoms with van der Waals surface area (Å²) in [6, 6.07) is 12.1. The van der Waals surface area contributed by atoms with Crippen LogP contribution in [-0.4, -0.2) is 23.0 Å². The van der Waals surface area contributed by atoms with E-state index in [-0.39, 0.29) is 5.92 Å². The molecule has 2 N–H and O–H groups in total. The van der Waals surface area contributed by atoms with E-state index in [4.69, 9.17) is 15.5 Å². The minimum atomic E-state index is 0.205. The zero-order chi connectivity index (χ0) is 15.7. The highest BCUT2D eigenvalue weighted by molar-refractivity contribution is 5.73. The number of pyridine rings is 1. The lowest BCUT2D eigenvalue weighted by atomic mass is 10.0. The largest absolute Gasteiger partial charge is 0.496 e.